The van der Waals surface area contributed by atoms with Crippen LogP contribution in [-0.4, -0.2) is 43.3 Å². The van der Waals surface area contributed by atoms with Crippen molar-refractivity contribution in [3.8, 4) is 0 Å². The van der Waals surface area contributed by atoms with Crippen LogP contribution < -0.4 is 10.6 Å². The van der Waals surface area contributed by atoms with Crippen molar-refractivity contribution in [1.82, 2.24) is 10.6 Å². The minimum absolute atomic E-state index is 0.0827. The number of para-hydroxylation sites is 1. The highest BCUT2D eigenvalue weighted by Gasteiger charge is 2.48. The van der Waals surface area contributed by atoms with E-state index in [4.69, 9.17) is 0 Å². The molecular weight excluding hydrogens is 322 g/mol. The molecule has 0 unspecified atom stereocenters. The predicted octanol–water partition coefficient (Wildman–Crippen LogP) is 0.378. The van der Waals surface area contributed by atoms with E-state index in [1.165, 1.54) is 18.2 Å². The maximum atomic E-state index is 12.5. The zero-order valence-electron chi connectivity index (χ0n) is 12.7. The fourth-order valence-electron chi connectivity index (χ4n) is 2.77. The first-order valence-corrected chi connectivity index (χ1v) is 9.08. The molecule has 126 valence electrons. The number of amides is 1. The molecule has 9 heteroatoms. The number of carbonyl (C=O) groups is 1. The van der Waals surface area contributed by atoms with Crippen molar-refractivity contribution in [1.29, 1.82) is 0 Å². The van der Waals surface area contributed by atoms with Crippen molar-refractivity contribution in [2.45, 2.75) is 24.1 Å². The summed E-state index contributed by atoms with van der Waals surface area (Å²) >= 11 is 0. The summed E-state index contributed by atoms with van der Waals surface area (Å²) in [5.41, 5.74) is 0.231. The van der Waals surface area contributed by atoms with E-state index in [9.17, 15) is 23.3 Å². The Morgan fingerprint density at radius 2 is 1.96 bits per heavy atom. The summed E-state index contributed by atoms with van der Waals surface area (Å²) in [5.74, 6) is -0.598. The number of nitrogens with zero attached hydrogens (tertiary/aromatic N) is 1. The normalized spacial score (nSPS) is 17.4. The van der Waals surface area contributed by atoms with E-state index < -0.39 is 25.4 Å². The van der Waals surface area contributed by atoms with Crippen LogP contribution in [0.25, 0.3) is 0 Å². The third-order valence-corrected chi connectivity index (χ3v) is 6.18. The summed E-state index contributed by atoms with van der Waals surface area (Å²) in [6.07, 6.45) is 1.44. The minimum atomic E-state index is -3.60. The molecular formula is C14H19N3O5S. The first-order chi connectivity index (χ1) is 10.8. The van der Waals surface area contributed by atoms with Crippen LogP contribution in [-0.2, 0) is 21.2 Å². The number of hydrogen-bond acceptors (Lipinski definition) is 6. The van der Waals surface area contributed by atoms with Crippen molar-refractivity contribution in [3.63, 3.8) is 0 Å². The van der Waals surface area contributed by atoms with E-state index in [0.717, 1.165) is 6.26 Å². The monoisotopic (exact) mass is 341 g/mol. The topological polar surface area (TPSA) is 118 Å². The summed E-state index contributed by atoms with van der Waals surface area (Å²) < 4.78 is 22.8. The quantitative estimate of drug-likeness (QED) is 0.590. The van der Waals surface area contributed by atoms with Gasteiger partial charge in [0.05, 0.1) is 4.92 Å². The molecule has 1 aliphatic heterocycles. The largest absolute Gasteiger partial charge is 0.350 e. The summed E-state index contributed by atoms with van der Waals surface area (Å²) in [6, 6.07) is 6.05. The molecule has 1 fully saturated rings. The molecule has 0 atom stereocenters. The van der Waals surface area contributed by atoms with Crippen molar-refractivity contribution in [3.05, 3.63) is 39.9 Å². The number of carbonyl (C=O) groups excluding carboxylic acids is 1. The molecule has 2 rings (SSSR count). The molecule has 0 radical (unpaired) electrons. The number of hydrogen-bond donors (Lipinski definition) is 2. The Kier molecular flexibility index (Phi) is 5.00. The van der Waals surface area contributed by atoms with Gasteiger partial charge < -0.3 is 10.6 Å². The predicted molar refractivity (Wildman–Crippen MR) is 84.6 cm³/mol. The van der Waals surface area contributed by atoms with Crippen LogP contribution in [0.3, 0.4) is 0 Å². The van der Waals surface area contributed by atoms with E-state index in [2.05, 4.69) is 10.6 Å². The summed E-state index contributed by atoms with van der Waals surface area (Å²) in [5, 5.41) is 16.6. The lowest BCUT2D eigenvalue weighted by Crippen LogP contribution is -2.57. The molecule has 23 heavy (non-hydrogen) atoms. The third kappa shape index (κ3) is 3.50. The van der Waals surface area contributed by atoms with Crippen molar-refractivity contribution in [2.24, 2.45) is 0 Å². The van der Waals surface area contributed by atoms with Gasteiger partial charge in [0.2, 0.25) is 5.91 Å². The number of rotatable bonds is 5. The lowest BCUT2D eigenvalue weighted by atomic mass is 9.95. The number of sulfone groups is 1. The highest BCUT2D eigenvalue weighted by molar-refractivity contribution is 7.92. The standard InChI is InChI=1S/C14H19N3O5S/c1-23(21,22)14(6-8-15-9-7-14)13(18)16-10-11-4-2-3-5-12(11)17(19)20/h2-5,15H,6-10H2,1H3,(H,16,18). The van der Waals surface area contributed by atoms with Crippen molar-refractivity contribution >= 4 is 21.4 Å². The number of nitro benzene ring substituents is 1. The summed E-state index contributed by atoms with van der Waals surface area (Å²) in [4.78, 5) is 23.0. The molecule has 0 bridgehead atoms. The van der Waals surface area contributed by atoms with Crippen LogP contribution in [0.1, 0.15) is 18.4 Å². The van der Waals surface area contributed by atoms with Crippen molar-refractivity contribution < 1.29 is 18.1 Å². The molecule has 8 nitrogen and oxygen atoms in total. The van der Waals surface area contributed by atoms with E-state index in [-0.39, 0.29) is 25.1 Å². The molecule has 1 amide bonds. The Hall–Kier alpha value is -2.00. The zero-order chi connectivity index (χ0) is 17.1. The lowest BCUT2D eigenvalue weighted by molar-refractivity contribution is -0.385. The number of nitro groups is 1. The fourth-order valence-corrected chi connectivity index (χ4v) is 4.13. The van der Waals surface area contributed by atoms with E-state index in [0.29, 0.717) is 18.7 Å². The van der Waals surface area contributed by atoms with Gasteiger partial charge in [0.25, 0.3) is 5.69 Å². The van der Waals surface area contributed by atoms with Gasteiger partial charge in [-0.25, -0.2) is 8.42 Å². The fraction of sp³-hybridized carbons (Fsp3) is 0.500. The second kappa shape index (κ2) is 6.63. The maximum Gasteiger partial charge on any atom is 0.274 e. The second-order valence-corrected chi connectivity index (χ2v) is 7.91. The summed E-state index contributed by atoms with van der Waals surface area (Å²) in [6.45, 7) is 0.790. The molecule has 1 aromatic rings. The number of piperidine rings is 1. The molecule has 0 aromatic heterocycles. The third-order valence-electron chi connectivity index (χ3n) is 4.16. The molecule has 1 aromatic carbocycles. The van der Waals surface area contributed by atoms with Crippen LogP contribution in [0.5, 0.6) is 0 Å². The van der Waals surface area contributed by atoms with Gasteiger partial charge in [-0.05, 0) is 25.9 Å². The smallest absolute Gasteiger partial charge is 0.274 e. The minimum Gasteiger partial charge on any atom is -0.350 e. The van der Waals surface area contributed by atoms with Crippen molar-refractivity contribution in [2.75, 3.05) is 19.3 Å². The van der Waals surface area contributed by atoms with Crippen LogP contribution in [0, 0.1) is 10.1 Å². The van der Waals surface area contributed by atoms with E-state index >= 15 is 0 Å². The first-order valence-electron chi connectivity index (χ1n) is 7.19. The molecule has 2 N–H and O–H groups in total. The van der Waals surface area contributed by atoms with Crippen LogP contribution >= 0.6 is 0 Å². The first kappa shape index (κ1) is 17.4. The number of nitrogens with one attached hydrogen (secondary N) is 2. The maximum absolute atomic E-state index is 12.5. The van der Waals surface area contributed by atoms with Gasteiger partial charge >= 0.3 is 0 Å². The van der Waals surface area contributed by atoms with Gasteiger partial charge in [-0.2, -0.15) is 0 Å². The SMILES string of the molecule is CS(=O)(=O)C1(C(=O)NCc2ccccc2[N+](=O)[O-])CCNCC1. The van der Waals surface area contributed by atoms with E-state index in [1.54, 1.807) is 6.07 Å². The highest BCUT2D eigenvalue weighted by Crippen LogP contribution is 2.28. The van der Waals surface area contributed by atoms with Gasteiger partial charge in [0.15, 0.2) is 14.6 Å². The van der Waals surface area contributed by atoms with Crippen LogP contribution in [0.2, 0.25) is 0 Å². The Balaban J connectivity index is 2.19. The molecule has 0 saturated carbocycles. The Bertz CT molecular complexity index is 711. The zero-order valence-corrected chi connectivity index (χ0v) is 13.6. The molecule has 0 spiro atoms. The second-order valence-electron chi connectivity index (χ2n) is 5.58. The molecule has 1 saturated heterocycles. The number of benzene rings is 1. The molecule has 1 aliphatic rings. The average molecular weight is 341 g/mol. The van der Waals surface area contributed by atoms with Gasteiger partial charge in [0, 0.05) is 24.4 Å². The Labute approximate surface area is 134 Å². The highest BCUT2D eigenvalue weighted by atomic mass is 32.2. The van der Waals surface area contributed by atoms with Gasteiger partial charge in [-0.1, -0.05) is 18.2 Å². The molecule has 1 heterocycles. The average Bonchev–Trinajstić information content (AvgIpc) is 2.52. The van der Waals surface area contributed by atoms with Crippen LogP contribution in [0.4, 0.5) is 5.69 Å². The van der Waals surface area contributed by atoms with E-state index in [1.807, 2.05) is 0 Å². The Morgan fingerprint density at radius 1 is 1.35 bits per heavy atom. The van der Waals surface area contributed by atoms with Gasteiger partial charge in [-0.15, -0.1) is 0 Å². The molecule has 0 aliphatic carbocycles. The van der Waals surface area contributed by atoms with Gasteiger partial charge in [-0.3, -0.25) is 14.9 Å². The Morgan fingerprint density at radius 3 is 2.52 bits per heavy atom. The van der Waals surface area contributed by atoms with Gasteiger partial charge in [0.1, 0.15) is 0 Å². The lowest BCUT2D eigenvalue weighted by Gasteiger charge is -2.34. The summed E-state index contributed by atoms with van der Waals surface area (Å²) in [7, 11) is -3.60. The van der Waals surface area contributed by atoms with Crippen LogP contribution in [0.15, 0.2) is 24.3 Å².